The number of ether oxygens (including phenoxy) is 3. The molecular weight excluding hydrogens is 477 g/mol. The Kier molecular flexibility index (Phi) is 6.87. The molecule has 0 fully saturated rings. The predicted octanol–water partition coefficient (Wildman–Crippen LogP) is 4.75. The molecule has 4 rings (SSSR count). The van der Waals surface area contributed by atoms with E-state index >= 15 is 0 Å². The highest BCUT2D eigenvalue weighted by Crippen LogP contribution is 2.42. The van der Waals surface area contributed by atoms with Gasteiger partial charge < -0.3 is 14.2 Å². The first-order valence-corrected chi connectivity index (χ1v) is 11.2. The van der Waals surface area contributed by atoms with Gasteiger partial charge in [-0.05, 0) is 23.8 Å². The molecule has 11 heteroatoms. The van der Waals surface area contributed by atoms with Crippen molar-refractivity contribution < 1.29 is 23.5 Å². The molecule has 0 spiro atoms. The van der Waals surface area contributed by atoms with Gasteiger partial charge in [0.15, 0.2) is 16.7 Å². The number of thioether (sulfide) groups is 1. The van der Waals surface area contributed by atoms with Gasteiger partial charge in [-0.1, -0.05) is 36.0 Å². The van der Waals surface area contributed by atoms with Crippen LogP contribution in [-0.4, -0.2) is 35.8 Å². The lowest BCUT2D eigenvalue weighted by Crippen LogP contribution is -2.23. The van der Waals surface area contributed by atoms with E-state index in [-0.39, 0.29) is 44.7 Å². The van der Waals surface area contributed by atoms with Crippen LogP contribution in [0.1, 0.15) is 5.56 Å². The van der Waals surface area contributed by atoms with Gasteiger partial charge in [-0.2, -0.15) is 0 Å². The number of para-hydroxylation sites is 1. The molecule has 1 heterocycles. The van der Waals surface area contributed by atoms with E-state index in [0.717, 1.165) is 5.56 Å². The minimum atomic E-state index is -0.597. The molecule has 4 aromatic rings. The number of benzene rings is 3. The minimum absolute atomic E-state index is 0.0309. The van der Waals surface area contributed by atoms with Crippen molar-refractivity contribution in [1.29, 1.82) is 0 Å². The van der Waals surface area contributed by atoms with Crippen LogP contribution in [-0.2, 0) is 5.75 Å². The fourth-order valence-corrected chi connectivity index (χ4v) is 4.53. The third-order valence-electron chi connectivity index (χ3n) is 5.24. The molecule has 0 aliphatic carbocycles. The summed E-state index contributed by atoms with van der Waals surface area (Å²) in [5.74, 6) is 0.462. The Bertz CT molecular complexity index is 1470. The number of halogens is 1. The van der Waals surface area contributed by atoms with Crippen LogP contribution < -0.4 is 19.8 Å². The molecule has 0 aliphatic heterocycles. The fraction of sp³-hybridized carbons (Fsp3) is 0.167. The second kappa shape index (κ2) is 10.0. The summed E-state index contributed by atoms with van der Waals surface area (Å²) in [6.07, 6.45) is 0. The summed E-state index contributed by atoms with van der Waals surface area (Å²) >= 11 is 1.18. The topological polar surface area (TPSA) is 106 Å². The number of nitrogens with zero attached hydrogens (tertiary/aromatic N) is 3. The lowest BCUT2D eigenvalue weighted by atomic mass is 10.2. The Morgan fingerprint density at radius 2 is 1.71 bits per heavy atom. The summed E-state index contributed by atoms with van der Waals surface area (Å²) in [5.41, 5.74) is 0.470. The van der Waals surface area contributed by atoms with E-state index in [2.05, 4.69) is 4.98 Å². The molecule has 0 unspecified atom stereocenters. The highest BCUT2D eigenvalue weighted by atomic mass is 32.2. The first-order chi connectivity index (χ1) is 16.9. The van der Waals surface area contributed by atoms with Gasteiger partial charge in [-0.3, -0.25) is 19.5 Å². The van der Waals surface area contributed by atoms with Crippen molar-refractivity contribution in [3.05, 3.63) is 86.4 Å². The Labute approximate surface area is 203 Å². The molecule has 3 aromatic carbocycles. The SMILES string of the molecule is COc1cc2c(=O)n(-c3ccccc3F)c(SCc3ccc([N+](=O)[O-])cc3)nc2c(OC)c1OC. The summed E-state index contributed by atoms with van der Waals surface area (Å²) in [4.78, 5) is 28.8. The maximum Gasteiger partial charge on any atom is 0.269 e. The van der Waals surface area contributed by atoms with Crippen molar-refractivity contribution in [2.75, 3.05) is 21.3 Å². The normalized spacial score (nSPS) is 10.9. The number of nitro benzene ring substituents is 1. The molecule has 35 heavy (non-hydrogen) atoms. The number of methoxy groups -OCH3 is 3. The van der Waals surface area contributed by atoms with Crippen LogP contribution in [0.4, 0.5) is 10.1 Å². The first kappa shape index (κ1) is 24.0. The number of fused-ring (bicyclic) bond motifs is 1. The Balaban J connectivity index is 1.92. The average Bonchev–Trinajstić information content (AvgIpc) is 2.87. The second-order valence-corrected chi connectivity index (χ2v) is 8.18. The molecule has 0 aliphatic rings. The van der Waals surface area contributed by atoms with Gasteiger partial charge in [-0.25, -0.2) is 9.37 Å². The van der Waals surface area contributed by atoms with Crippen LogP contribution >= 0.6 is 11.8 Å². The van der Waals surface area contributed by atoms with Crippen LogP contribution in [0, 0.1) is 15.9 Å². The maximum absolute atomic E-state index is 14.8. The number of aromatic nitrogens is 2. The predicted molar refractivity (Wildman–Crippen MR) is 130 cm³/mol. The molecule has 0 radical (unpaired) electrons. The van der Waals surface area contributed by atoms with Crippen LogP contribution in [0.25, 0.3) is 16.6 Å². The summed E-state index contributed by atoms with van der Waals surface area (Å²) in [7, 11) is 4.29. The molecule has 0 saturated carbocycles. The van der Waals surface area contributed by atoms with Crippen molar-refractivity contribution in [3.63, 3.8) is 0 Å². The molecule has 9 nitrogen and oxygen atoms in total. The highest BCUT2D eigenvalue weighted by molar-refractivity contribution is 7.98. The number of non-ortho nitro benzene ring substituents is 1. The van der Waals surface area contributed by atoms with Crippen LogP contribution in [0.5, 0.6) is 17.2 Å². The number of rotatable bonds is 8. The van der Waals surface area contributed by atoms with Crippen LogP contribution in [0.3, 0.4) is 0 Å². The Morgan fingerprint density at radius 1 is 1.03 bits per heavy atom. The van der Waals surface area contributed by atoms with Gasteiger partial charge in [0.2, 0.25) is 5.75 Å². The van der Waals surface area contributed by atoms with Gasteiger partial charge in [-0.15, -0.1) is 0 Å². The summed E-state index contributed by atoms with van der Waals surface area (Å²) in [6.45, 7) is 0. The van der Waals surface area contributed by atoms with Gasteiger partial charge in [0, 0.05) is 17.9 Å². The smallest absolute Gasteiger partial charge is 0.269 e. The van der Waals surface area contributed by atoms with E-state index < -0.39 is 16.3 Å². The number of hydrogen-bond acceptors (Lipinski definition) is 8. The van der Waals surface area contributed by atoms with E-state index in [9.17, 15) is 19.3 Å². The molecule has 0 N–H and O–H groups in total. The van der Waals surface area contributed by atoms with E-state index in [1.807, 2.05) is 0 Å². The third kappa shape index (κ3) is 4.50. The zero-order valence-electron chi connectivity index (χ0n) is 19.0. The molecule has 180 valence electrons. The monoisotopic (exact) mass is 497 g/mol. The summed E-state index contributed by atoms with van der Waals surface area (Å²) < 4.78 is 32.3. The largest absolute Gasteiger partial charge is 0.493 e. The van der Waals surface area contributed by atoms with Crippen molar-refractivity contribution in [3.8, 4) is 22.9 Å². The fourth-order valence-electron chi connectivity index (χ4n) is 3.57. The zero-order chi connectivity index (χ0) is 25.1. The first-order valence-electron chi connectivity index (χ1n) is 10.3. The number of nitro groups is 1. The van der Waals surface area contributed by atoms with Crippen molar-refractivity contribution >= 4 is 28.4 Å². The minimum Gasteiger partial charge on any atom is -0.493 e. The van der Waals surface area contributed by atoms with E-state index in [1.54, 1.807) is 18.2 Å². The van der Waals surface area contributed by atoms with E-state index in [4.69, 9.17) is 14.2 Å². The standard InChI is InChI=1S/C24H20FN3O6S/c1-32-19-12-16-20(22(34-3)21(19)33-2)26-24(27(23(16)29)18-7-5-4-6-17(18)25)35-13-14-8-10-15(11-9-14)28(30)31/h4-12H,13H2,1-3H3. The highest BCUT2D eigenvalue weighted by Gasteiger charge is 2.23. The molecule has 1 aromatic heterocycles. The summed E-state index contributed by atoms with van der Waals surface area (Å²) in [6, 6.07) is 13.4. The molecule has 0 bridgehead atoms. The third-order valence-corrected chi connectivity index (χ3v) is 6.25. The molecular formula is C24H20FN3O6S. The van der Waals surface area contributed by atoms with Gasteiger partial charge in [0.05, 0.1) is 37.3 Å². The molecule has 0 atom stereocenters. The van der Waals surface area contributed by atoms with Gasteiger partial charge >= 0.3 is 0 Å². The zero-order valence-corrected chi connectivity index (χ0v) is 19.8. The van der Waals surface area contributed by atoms with E-state index in [1.165, 1.54) is 74.1 Å². The van der Waals surface area contributed by atoms with Crippen molar-refractivity contribution in [1.82, 2.24) is 9.55 Å². The van der Waals surface area contributed by atoms with Crippen molar-refractivity contribution in [2.45, 2.75) is 10.9 Å². The van der Waals surface area contributed by atoms with Crippen LogP contribution in [0.2, 0.25) is 0 Å². The van der Waals surface area contributed by atoms with Crippen LogP contribution in [0.15, 0.2) is 64.5 Å². The lowest BCUT2D eigenvalue weighted by Gasteiger charge is -2.17. The quantitative estimate of drug-likeness (QED) is 0.149. The maximum atomic E-state index is 14.8. The number of hydrogen-bond donors (Lipinski definition) is 0. The second-order valence-electron chi connectivity index (χ2n) is 7.24. The molecule has 0 amide bonds. The van der Waals surface area contributed by atoms with E-state index in [0.29, 0.717) is 5.75 Å². The van der Waals surface area contributed by atoms with Crippen molar-refractivity contribution in [2.24, 2.45) is 0 Å². The van der Waals surface area contributed by atoms with Gasteiger partial charge in [0.1, 0.15) is 11.3 Å². The average molecular weight is 498 g/mol. The Morgan fingerprint density at radius 3 is 2.31 bits per heavy atom. The van der Waals surface area contributed by atoms with Gasteiger partial charge in [0.25, 0.3) is 11.2 Å². The lowest BCUT2D eigenvalue weighted by molar-refractivity contribution is -0.384. The molecule has 0 saturated heterocycles. The Hall–Kier alpha value is -4.12. The summed E-state index contributed by atoms with van der Waals surface area (Å²) in [5, 5.41) is 11.3.